The molecule has 0 heterocycles. The summed E-state index contributed by atoms with van der Waals surface area (Å²) >= 11 is 0. The summed E-state index contributed by atoms with van der Waals surface area (Å²) in [6, 6.07) is 0. The monoisotopic (exact) mass is 273 g/mol. The predicted molar refractivity (Wildman–Crippen MR) is 89.4 cm³/mol. The van der Waals surface area contributed by atoms with Crippen LogP contribution >= 0.6 is 0 Å². The average Bonchev–Trinajstić information content (AvgIpc) is 2.48. The number of nitrogens with zero attached hydrogens (tertiary/aromatic N) is 1. The molecule has 112 valence electrons. The molecule has 0 saturated heterocycles. The van der Waals surface area contributed by atoms with Crippen LogP contribution in [0.5, 0.6) is 0 Å². The molecular formula is C19H31N. The summed E-state index contributed by atoms with van der Waals surface area (Å²) < 4.78 is 0. The van der Waals surface area contributed by atoms with Gasteiger partial charge in [0.05, 0.1) is 6.54 Å². The summed E-state index contributed by atoms with van der Waals surface area (Å²) in [6.45, 7) is 9.49. The van der Waals surface area contributed by atoms with E-state index in [1.807, 2.05) is 0 Å². The molecule has 1 heteroatoms. The first-order valence-electron chi connectivity index (χ1n) is 8.58. The second kappa shape index (κ2) is 7.81. The van der Waals surface area contributed by atoms with Crippen molar-refractivity contribution in [3.05, 3.63) is 23.8 Å². The van der Waals surface area contributed by atoms with Crippen LogP contribution in [0.15, 0.2) is 28.8 Å². The van der Waals surface area contributed by atoms with Crippen molar-refractivity contribution < 1.29 is 0 Å². The van der Waals surface area contributed by atoms with Crippen molar-refractivity contribution in [1.29, 1.82) is 0 Å². The molecule has 0 bridgehead atoms. The largest absolute Gasteiger partial charge is 0.285 e. The Morgan fingerprint density at radius 1 is 1.30 bits per heavy atom. The van der Waals surface area contributed by atoms with E-state index in [2.05, 4.69) is 26.5 Å². The standard InChI is InChI=1S/C19H31N/c1-4-15(2)14-20-19-8-6-5-7-18(19)13-17-11-9-16(3)10-12-17/h7,16-17H,2,4-6,8-14H2,1,3H3. The van der Waals surface area contributed by atoms with E-state index in [-0.39, 0.29) is 0 Å². The Bertz CT molecular complexity index is 381. The number of allylic oxidation sites excluding steroid dienone is 2. The summed E-state index contributed by atoms with van der Waals surface area (Å²) in [7, 11) is 0. The lowest BCUT2D eigenvalue weighted by atomic mass is 9.78. The molecule has 0 amide bonds. The number of hydrogen-bond acceptors (Lipinski definition) is 1. The lowest BCUT2D eigenvalue weighted by Crippen LogP contribution is -2.17. The van der Waals surface area contributed by atoms with Crippen molar-refractivity contribution in [2.75, 3.05) is 6.54 Å². The van der Waals surface area contributed by atoms with Gasteiger partial charge in [-0.1, -0.05) is 44.9 Å². The highest BCUT2D eigenvalue weighted by atomic mass is 14.7. The van der Waals surface area contributed by atoms with E-state index in [0.29, 0.717) is 0 Å². The second-order valence-electron chi connectivity index (χ2n) is 6.82. The van der Waals surface area contributed by atoms with Gasteiger partial charge < -0.3 is 0 Å². The van der Waals surface area contributed by atoms with Gasteiger partial charge >= 0.3 is 0 Å². The average molecular weight is 273 g/mol. The minimum absolute atomic E-state index is 0.838. The molecular weight excluding hydrogens is 242 g/mol. The van der Waals surface area contributed by atoms with Crippen LogP contribution in [0.1, 0.15) is 71.6 Å². The third kappa shape index (κ3) is 4.61. The molecule has 20 heavy (non-hydrogen) atoms. The smallest absolute Gasteiger partial charge is 0.0600 e. The Balaban J connectivity index is 1.93. The van der Waals surface area contributed by atoms with E-state index in [9.17, 15) is 0 Å². The van der Waals surface area contributed by atoms with Gasteiger partial charge in [-0.15, -0.1) is 0 Å². The Labute approximate surface area is 125 Å². The summed E-state index contributed by atoms with van der Waals surface area (Å²) in [5.74, 6) is 1.86. The Hall–Kier alpha value is -0.850. The second-order valence-corrected chi connectivity index (χ2v) is 6.82. The van der Waals surface area contributed by atoms with Crippen molar-refractivity contribution >= 4 is 5.71 Å². The normalized spacial score (nSPS) is 29.3. The van der Waals surface area contributed by atoms with Gasteiger partial charge in [0.1, 0.15) is 0 Å². The van der Waals surface area contributed by atoms with E-state index in [0.717, 1.165) is 24.8 Å². The third-order valence-corrected chi connectivity index (χ3v) is 5.02. The highest BCUT2D eigenvalue weighted by molar-refractivity contribution is 6.00. The molecule has 0 aromatic carbocycles. The van der Waals surface area contributed by atoms with E-state index >= 15 is 0 Å². The van der Waals surface area contributed by atoms with Crippen LogP contribution in [0.2, 0.25) is 0 Å². The molecule has 0 N–H and O–H groups in total. The molecule has 0 radical (unpaired) electrons. The quantitative estimate of drug-likeness (QED) is 0.568. The maximum atomic E-state index is 4.86. The summed E-state index contributed by atoms with van der Waals surface area (Å²) in [5.41, 5.74) is 4.22. The Kier molecular flexibility index (Phi) is 6.06. The summed E-state index contributed by atoms with van der Waals surface area (Å²) in [4.78, 5) is 4.86. The third-order valence-electron chi connectivity index (χ3n) is 5.02. The first-order valence-corrected chi connectivity index (χ1v) is 8.58. The highest BCUT2D eigenvalue weighted by Gasteiger charge is 2.21. The molecule has 1 nitrogen and oxygen atoms in total. The molecule has 0 atom stereocenters. The molecule has 0 unspecified atom stereocenters. The van der Waals surface area contributed by atoms with Crippen molar-refractivity contribution in [3.8, 4) is 0 Å². The molecule has 0 aromatic rings. The van der Waals surface area contributed by atoms with Crippen LogP contribution in [-0.2, 0) is 0 Å². The summed E-state index contributed by atoms with van der Waals surface area (Å²) in [5, 5.41) is 0. The fourth-order valence-corrected chi connectivity index (χ4v) is 3.37. The van der Waals surface area contributed by atoms with Crippen LogP contribution in [0.25, 0.3) is 0 Å². The van der Waals surface area contributed by atoms with Gasteiger partial charge in [-0.2, -0.15) is 0 Å². The minimum Gasteiger partial charge on any atom is -0.285 e. The van der Waals surface area contributed by atoms with Crippen molar-refractivity contribution in [3.63, 3.8) is 0 Å². The number of rotatable bonds is 5. The van der Waals surface area contributed by atoms with Gasteiger partial charge in [0.25, 0.3) is 0 Å². The zero-order chi connectivity index (χ0) is 14.4. The van der Waals surface area contributed by atoms with Crippen LogP contribution in [0, 0.1) is 11.8 Å². The van der Waals surface area contributed by atoms with Crippen molar-refractivity contribution in [1.82, 2.24) is 0 Å². The van der Waals surface area contributed by atoms with Gasteiger partial charge in [0.15, 0.2) is 0 Å². The van der Waals surface area contributed by atoms with Crippen LogP contribution in [-0.4, -0.2) is 12.3 Å². The Morgan fingerprint density at radius 3 is 2.75 bits per heavy atom. The van der Waals surface area contributed by atoms with Gasteiger partial charge in [-0.25, -0.2) is 0 Å². The van der Waals surface area contributed by atoms with Gasteiger partial charge in [0, 0.05) is 5.71 Å². The predicted octanol–water partition coefficient (Wildman–Crippen LogP) is 5.72. The first-order chi connectivity index (χ1) is 9.69. The number of hydrogen-bond donors (Lipinski definition) is 0. The minimum atomic E-state index is 0.838. The topological polar surface area (TPSA) is 12.4 Å². The van der Waals surface area contributed by atoms with E-state index in [1.165, 1.54) is 62.7 Å². The van der Waals surface area contributed by atoms with E-state index in [1.54, 1.807) is 5.57 Å². The van der Waals surface area contributed by atoms with E-state index in [4.69, 9.17) is 4.99 Å². The first kappa shape index (κ1) is 15.5. The highest BCUT2D eigenvalue weighted by Crippen LogP contribution is 2.34. The Morgan fingerprint density at radius 2 is 2.05 bits per heavy atom. The lowest BCUT2D eigenvalue weighted by molar-refractivity contribution is 0.290. The fraction of sp³-hybridized carbons (Fsp3) is 0.737. The number of aliphatic imine (C=N–C) groups is 1. The van der Waals surface area contributed by atoms with Gasteiger partial charge in [-0.05, 0) is 62.4 Å². The molecule has 1 fully saturated rings. The van der Waals surface area contributed by atoms with Crippen LogP contribution < -0.4 is 0 Å². The fourth-order valence-electron chi connectivity index (χ4n) is 3.37. The molecule has 2 rings (SSSR count). The van der Waals surface area contributed by atoms with Crippen molar-refractivity contribution in [2.24, 2.45) is 16.8 Å². The zero-order valence-corrected chi connectivity index (χ0v) is 13.5. The van der Waals surface area contributed by atoms with E-state index < -0.39 is 0 Å². The SMILES string of the molecule is C=C(CC)CN=C1CCCC=C1CC1CCC(C)CC1. The molecule has 2 aliphatic rings. The lowest BCUT2D eigenvalue weighted by Gasteiger charge is -2.28. The zero-order valence-electron chi connectivity index (χ0n) is 13.5. The molecule has 0 spiro atoms. The maximum Gasteiger partial charge on any atom is 0.0600 e. The van der Waals surface area contributed by atoms with Gasteiger partial charge in [0.2, 0.25) is 0 Å². The molecule has 0 aliphatic heterocycles. The molecule has 1 saturated carbocycles. The van der Waals surface area contributed by atoms with Gasteiger partial charge in [-0.3, -0.25) is 4.99 Å². The van der Waals surface area contributed by atoms with Crippen LogP contribution in [0.4, 0.5) is 0 Å². The van der Waals surface area contributed by atoms with Crippen molar-refractivity contribution in [2.45, 2.75) is 71.6 Å². The molecule has 2 aliphatic carbocycles. The van der Waals surface area contributed by atoms with Crippen LogP contribution in [0.3, 0.4) is 0 Å². The summed E-state index contributed by atoms with van der Waals surface area (Å²) in [6.07, 6.45) is 14.2. The maximum absolute atomic E-state index is 4.86. The molecule has 0 aromatic heterocycles.